The van der Waals surface area contributed by atoms with Crippen molar-refractivity contribution in [3.8, 4) is 0 Å². The highest BCUT2D eigenvalue weighted by atomic mass is 32.1. The van der Waals surface area contributed by atoms with E-state index in [0.29, 0.717) is 0 Å². The van der Waals surface area contributed by atoms with E-state index in [0.717, 1.165) is 29.2 Å². The molecular formula is C15H19N3O2S. The summed E-state index contributed by atoms with van der Waals surface area (Å²) < 4.78 is 0. The first-order valence-electron chi connectivity index (χ1n) is 6.88. The third-order valence-corrected chi connectivity index (χ3v) is 4.54. The van der Waals surface area contributed by atoms with Gasteiger partial charge in [-0.15, -0.1) is 11.3 Å². The van der Waals surface area contributed by atoms with E-state index in [4.69, 9.17) is 0 Å². The summed E-state index contributed by atoms with van der Waals surface area (Å²) in [6, 6.07) is 6.87. The quantitative estimate of drug-likeness (QED) is 0.654. The minimum Gasteiger partial charge on any atom is -0.310 e. The van der Waals surface area contributed by atoms with Gasteiger partial charge in [0.25, 0.3) is 5.69 Å². The molecule has 1 heterocycles. The number of nitrogens with one attached hydrogen (secondary N) is 1. The van der Waals surface area contributed by atoms with Crippen LogP contribution < -0.4 is 5.32 Å². The lowest BCUT2D eigenvalue weighted by atomic mass is 10.1. The third kappa shape index (κ3) is 4.09. The van der Waals surface area contributed by atoms with Crippen LogP contribution >= 0.6 is 11.3 Å². The summed E-state index contributed by atoms with van der Waals surface area (Å²) in [6.45, 7) is 6.99. The molecule has 0 aliphatic heterocycles. The summed E-state index contributed by atoms with van der Waals surface area (Å²) in [6.07, 6.45) is 0.953. The standard InChI is InChI=1S/C15H19N3O2S/c1-10(13-4-6-14(7-5-13)18(19)20)16-9-8-15-11(2)17-12(3)21-15/h4-7,10,16H,8-9H2,1-3H3/t10-/m0/s1. The van der Waals surface area contributed by atoms with Crippen LogP contribution in [0.4, 0.5) is 5.69 Å². The van der Waals surface area contributed by atoms with E-state index in [1.165, 1.54) is 4.88 Å². The summed E-state index contributed by atoms with van der Waals surface area (Å²) >= 11 is 1.74. The van der Waals surface area contributed by atoms with Crippen molar-refractivity contribution in [3.05, 3.63) is 55.5 Å². The van der Waals surface area contributed by atoms with Crippen LogP contribution in [0.15, 0.2) is 24.3 Å². The lowest BCUT2D eigenvalue weighted by molar-refractivity contribution is -0.384. The van der Waals surface area contributed by atoms with Crippen LogP contribution in [-0.2, 0) is 6.42 Å². The Bertz CT molecular complexity index is 622. The molecule has 0 fully saturated rings. The first kappa shape index (κ1) is 15.6. The van der Waals surface area contributed by atoms with Gasteiger partial charge in [-0.05, 0) is 32.8 Å². The smallest absolute Gasteiger partial charge is 0.269 e. The third-order valence-electron chi connectivity index (χ3n) is 3.41. The van der Waals surface area contributed by atoms with Crippen LogP contribution in [-0.4, -0.2) is 16.5 Å². The summed E-state index contributed by atoms with van der Waals surface area (Å²) in [7, 11) is 0. The maximum atomic E-state index is 10.6. The van der Waals surface area contributed by atoms with Crippen LogP contribution in [0.1, 0.15) is 34.1 Å². The fourth-order valence-corrected chi connectivity index (χ4v) is 3.15. The number of rotatable bonds is 6. The van der Waals surface area contributed by atoms with Gasteiger partial charge in [0.05, 0.1) is 15.6 Å². The second-order valence-corrected chi connectivity index (χ2v) is 6.30. The molecule has 0 radical (unpaired) electrons. The van der Waals surface area contributed by atoms with Crippen molar-refractivity contribution in [3.63, 3.8) is 0 Å². The Morgan fingerprint density at radius 3 is 2.52 bits per heavy atom. The van der Waals surface area contributed by atoms with Gasteiger partial charge in [0.2, 0.25) is 0 Å². The molecule has 112 valence electrons. The minimum absolute atomic E-state index is 0.127. The number of hydrogen-bond acceptors (Lipinski definition) is 5. The van der Waals surface area contributed by atoms with Crippen LogP contribution in [0, 0.1) is 24.0 Å². The second kappa shape index (κ2) is 6.78. The van der Waals surface area contributed by atoms with Gasteiger partial charge in [-0.3, -0.25) is 10.1 Å². The number of aromatic nitrogens is 1. The number of thiazole rings is 1. The Hall–Kier alpha value is -1.79. The largest absolute Gasteiger partial charge is 0.310 e. The molecule has 1 aromatic heterocycles. The van der Waals surface area contributed by atoms with Gasteiger partial charge >= 0.3 is 0 Å². The number of aryl methyl sites for hydroxylation is 2. The molecular weight excluding hydrogens is 286 g/mol. The summed E-state index contributed by atoms with van der Waals surface area (Å²) in [5.41, 5.74) is 2.29. The van der Waals surface area contributed by atoms with E-state index in [2.05, 4.69) is 17.2 Å². The Balaban J connectivity index is 1.88. The molecule has 1 N–H and O–H groups in total. The molecule has 0 aliphatic carbocycles. The topological polar surface area (TPSA) is 68.1 Å². The van der Waals surface area contributed by atoms with Crippen molar-refractivity contribution in [2.45, 2.75) is 33.2 Å². The van der Waals surface area contributed by atoms with E-state index in [1.807, 2.05) is 13.8 Å². The molecule has 2 rings (SSSR count). The number of non-ortho nitro benzene ring substituents is 1. The molecule has 0 bridgehead atoms. The van der Waals surface area contributed by atoms with E-state index < -0.39 is 0 Å². The second-order valence-electron chi connectivity index (χ2n) is 5.02. The summed E-state index contributed by atoms with van der Waals surface area (Å²) in [4.78, 5) is 16.0. The first-order chi connectivity index (χ1) is 9.97. The van der Waals surface area contributed by atoms with Gasteiger partial charge in [0.1, 0.15) is 0 Å². The zero-order valence-corrected chi connectivity index (χ0v) is 13.2. The zero-order chi connectivity index (χ0) is 15.4. The molecule has 0 amide bonds. The normalized spacial score (nSPS) is 12.3. The van der Waals surface area contributed by atoms with Crippen LogP contribution in [0.5, 0.6) is 0 Å². The Kier molecular flexibility index (Phi) is 5.03. The molecule has 2 aromatic rings. The Morgan fingerprint density at radius 2 is 2.00 bits per heavy atom. The van der Waals surface area contributed by atoms with Crippen molar-refractivity contribution >= 4 is 17.0 Å². The first-order valence-corrected chi connectivity index (χ1v) is 7.69. The van der Waals surface area contributed by atoms with Gasteiger partial charge < -0.3 is 5.32 Å². The highest BCUT2D eigenvalue weighted by Crippen LogP contribution is 2.19. The lowest BCUT2D eigenvalue weighted by Crippen LogP contribution is -2.21. The van der Waals surface area contributed by atoms with E-state index in [1.54, 1.807) is 35.6 Å². The minimum atomic E-state index is -0.378. The van der Waals surface area contributed by atoms with Gasteiger partial charge in [-0.2, -0.15) is 0 Å². The molecule has 21 heavy (non-hydrogen) atoms. The molecule has 0 saturated heterocycles. The lowest BCUT2D eigenvalue weighted by Gasteiger charge is -2.13. The van der Waals surface area contributed by atoms with Crippen molar-refractivity contribution < 1.29 is 4.92 Å². The van der Waals surface area contributed by atoms with E-state index in [9.17, 15) is 10.1 Å². The van der Waals surface area contributed by atoms with Crippen molar-refractivity contribution in [2.75, 3.05) is 6.54 Å². The average molecular weight is 305 g/mol. The molecule has 0 saturated carbocycles. The molecule has 6 heteroatoms. The van der Waals surface area contributed by atoms with Crippen molar-refractivity contribution in [1.82, 2.24) is 10.3 Å². The molecule has 1 atom stereocenters. The predicted molar refractivity (Wildman–Crippen MR) is 84.8 cm³/mol. The highest BCUT2D eigenvalue weighted by molar-refractivity contribution is 7.11. The Labute approximate surface area is 128 Å². The van der Waals surface area contributed by atoms with E-state index >= 15 is 0 Å². The van der Waals surface area contributed by atoms with E-state index in [-0.39, 0.29) is 16.7 Å². The number of hydrogen-bond donors (Lipinski definition) is 1. The summed E-state index contributed by atoms with van der Waals surface area (Å²) in [5.74, 6) is 0. The van der Waals surface area contributed by atoms with Crippen LogP contribution in [0.25, 0.3) is 0 Å². The highest BCUT2D eigenvalue weighted by Gasteiger charge is 2.09. The molecule has 0 aliphatic rings. The van der Waals surface area contributed by atoms with Gasteiger partial charge in [0.15, 0.2) is 0 Å². The molecule has 0 spiro atoms. The van der Waals surface area contributed by atoms with Gasteiger partial charge in [-0.1, -0.05) is 12.1 Å². The van der Waals surface area contributed by atoms with Crippen LogP contribution in [0.2, 0.25) is 0 Å². The van der Waals surface area contributed by atoms with Crippen LogP contribution in [0.3, 0.4) is 0 Å². The number of nitro groups is 1. The van der Waals surface area contributed by atoms with Gasteiger partial charge in [-0.25, -0.2) is 4.98 Å². The monoisotopic (exact) mass is 305 g/mol. The number of benzene rings is 1. The maximum absolute atomic E-state index is 10.6. The van der Waals surface area contributed by atoms with Crippen molar-refractivity contribution in [2.24, 2.45) is 0 Å². The number of nitro benzene ring substituents is 1. The predicted octanol–water partition coefficient (Wildman–Crippen LogP) is 3.56. The number of nitrogens with zero attached hydrogens (tertiary/aromatic N) is 2. The zero-order valence-electron chi connectivity index (χ0n) is 12.4. The SMILES string of the molecule is Cc1nc(C)c(CCN[C@@H](C)c2ccc([N+](=O)[O-])cc2)s1. The Morgan fingerprint density at radius 1 is 1.33 bits per heavy atom. The maximum Gasteiger partial charge on any atom is 0.269 e. The van der Waals surface area contributed by atoms with Crippen molar-refractivity contribution in [1.29, 1.82) is 0 Å². The van der Waals surface area contributed by atoms with Gasteiger partial charge in [0, 0.05) is 29.6 Å². The molecule has 1 aromatic carbocycles. The fourth-order valence-electron chi connectivity index (χ4n) is 2.21. The average Bonchev–Trinajstić information content (AvgIpc) is 2.77. The fraction of sp³-hybridized carbons (Fsp3) is 0.400. The molecule has 5 nitrogen and oxygen atoms in total. The molecule has 0 unspecified atom stereocenters. The summed E-state index contributed by atoms with van der Waals surface area (Å²) in [5, 5.41) is 15.2.